The SMILES string of the molecule is Nc1ccc(Br)c(-c2nnnn2-c2cccc(F)c2)c1. The van der Waals surface area contributed by atoms with Crippen molar-refractivity contribution in [2.45, 2.75) is 0 Å². The third-order valence-electron chi connectivity index (χ3n) is 2.75. The summed E-state index contributed by atoms with van der Waals surface area (Å²) in [6.45, 7) is 0. The molecule has 0 unspecified atom stereocenters. The van der Waals surface area contributed by atoms with E-state index in [9.17, 15) is 4.39 Å². The van der Waals surface area contributed by atoms with Gasteiger partial charge in [0.25, 0.3) is 0 Å². The fraction of sp³-hybridized carbons (Fsp3) is 0. The number of nitrogens with zero attached hydrogens (tertiary/aromatic N) is 4. The van der Waals surface area contributed by atoms with Gasteiger partial charge in [-0.3, -0.25) is 0 Å². The third kappa shape index (κ3) is 2.27. The molecule has 5 nitrogen and oxygen atoms in total. The summed E-state index contributed by atoms with van der Waals surface area (Å²) in [6.07, 6.45) is 0. The van der Waals surface area contributed by atoms with Crippen LogP contribution in [-0.4, -0.2) is 20.2 Å². The molecule has 2 N–H and O–H groups in total. The number of hydrogen-bond acceptors (Lipinski definition) is 4. The first-order chi connectivity index (χ1) is 9.65. The Hall–Kier alpha value is -2.28. The van der Waals surface area contributed by atoms with Gasteiger partial charge in [0.1, 0.15) is 5.82 Å². The van der Waals surface area contributed by atoms with E-state index in [1.807, 2.05) is 6.07 Å². The maximum atomic E-state index is 13.3. The fourth-order valence-electron chi connectivity index (χ4n) is 1.85. The molecule has 0 fully saturated rings. The molecule has 100 valence electrons. The van der Waals surface area contributed by atoms with Gasteiger partial charge in [-0.05, 0) is 46.8 Å². The Morgan fingerprint density at radius 3 is 2.80 bits per heavy atom. The van der Waals surface area contributed by atoms with Crippen LogP contribution in [0, 0.1) is 5.82 Å². The topological polar surface area (TPSA) is 69.6 Å². The van der Waals surface area contributed by atoms with E-state index in [4.69, 9.17) is 5.73 Å². The number of anilines is 1. The minimum absolute atomic E-state index is 0.351. The Morgan fingerprint density at radius 2 is 2.00 bits per heavy atom. The van der Waals surface area contributed by atoms with Crippen LogP contribution in [0.3, 0.4) is 0 Å². The van der Waals surface area contributed by atoms with E-state index in [0.29, 0.717) is 17.2 Å². The van der Waals surface area contributed by atoms with Gasteiger partial charge in [-0.15, -0.1) is 5.10 Å². The molecule has 3 rings (SSSR count). The summed E-state index contributed by atoms with van der Waals surface area (Å²) in [5.74, 6) is 0.130. The van der Waals surface area contributed by atoms with Gasteiger partial charge in [0.2, 0.25) is 0 Å². The van der Waals surface area contributed by atoms with Crippen LogP contribution in [0.15, 0.2) is 46.9 Å². The predicted molar refractivity (Wildman–Crippen MR) is 76.7 cm³/mol. The molecule has 3 aromatic rings. The molecule has 0 aliphatic heterocycles. The summed E-state index contributed by atoms with van der Waals surface area (Å²) in [4.78, 5) is 0. The molecule has 1 heterocycles. The molecule has 20 heavy (non-hydrogen) atoms. The zero-order chi connectivity index (χ0) is 14.1. The molecule has 2 aromatic carbocycles. The molecular weight excluding hydrogens is 325 g/mol. The summed E-state index contributed by atoms with van der Waals surface area (Å²) in [7, 11) is 0. The van der Waals surface area contributed by atoms with Crippen LogP contribution in [0.4, 0.5) is 10.1 Å². The molecule has 0 radical (unpaired) electrons. The van der Waals surface area contributed by atoms with Crippen LogP contribution in [-0.2, 0) is 0 Å². The lowest BCUT2D eigenvalue weighted by Gasteiger charge is -2.07. The first kappa shape index (κ1) is 12.7. The van der Waals surface area contributed by atoms with Crippen LogP contribution >= 0.6 is 15.9 Å². The second-order valence-electron chi connectivity index (χ2n) is 4.13. The van der Waals surface area contributed by atoms with E-state index in [2.05, 4.69) is 31.5 Å². The summed E-state index contributed by atoms with van der Waals surface area (Å²) >= 11 is 3.43. The van der Waals surface area contributed by atoms with Crippen molar-refractivity contribution in [2.24, 2.45) is 0 Å². The summed E-state index contributed by atoms with van der Waals surface area (Å²) in [6, 6.07) is 11.4. The van der Waals surface area contributed by atoms with Crippen LogP contribution in [0.2, 0.25) is 0 Å². The number of rotatable bonds is 2. The average Bonchev–Trinajstić information content (AvgIpc) is 2.90. The number of halogens is 2. The lowest BCUT2D eigenvalue weighted by atomic mass is 10.2. The highest BCUT2D eigenvalue weighted by Gasteiger charge is 2.14. The van der Waals surface area contributed by atoms with Crippen LogP contribution in [0.1, 0.15) is 0 Å². The van der Waals surface area contributed by atoms with Gasteiger partial charge < -0.3 is 5.73 Å². The van der Waals surface area contributed by atoms with E-state index in [1.165, 1.54) is 16.8 Å². The second kappa shape index (κ2) is 5.01. The number of benzene rings is 2. The average molecular weight is 334 g/mol. The quantitative estimate of drug-likeness (QED) is 0.732. The van der Waals surface area contributed by atoms with Crippen LogP contribution in [0.25, 0.3) is 17.1 Å². The smallest absolute Gasteiger partial charge is 0.188 e. The third-order valence-corrected chi connectivity index (χ3v) is 3.45. The van der Waals surface area contributed by atoms with Crippen molar-refractivity contribution in [1.82, 2.24) is 20.2 Å². The van der Waals surface area contributed by atoms with E-state index in [0.717, 1.165) is 10.0 Å². The Labute approximate surface area is 122 Å². The summed E-state index contributed by atoms with van der Waals surface area (Å²) in [5, 5.41) is 11.5. The van der Waals surface area contributed by atoms with E-state index >= 15 is 0 Å². The Kier molecular flexibility index (Phi) is 3.19. The minimum Gasteiger partial charge on any atom is -0.399 e. The van der Waals surface area contributed by atoms with Crippen LogP contribution < -0.4 is 5.73 Å². The zero-order valence-corrected chi connectivity index (χ0v) is 11.7. The number of nitrogen functional groups attached to an aromatic ring is 1. The molecule has 0 bridgehead atoms. The number of hydrogen-bond donors (Lipinski definition) is 1. The predicted octanol–water partition coefficient (Wildman–Crippen LogP) is 2.81. The Bertz CT molecular complexity index is 771. The van der Waals surface area contributed by atoms with Crippen molar-refractivity contribution in [2.75, 3.05) is 5.73 Å². The highest BCUT2D eigenvalue weighted by Crippen LogP contribution is 2.29. The van der Waals surface area contributed by atoms with Gasteiger partial charge >= 0.3 is 0 Å². The number of tetrazole rings is 1. The van der Waals surface area contributed by atoms with Crippen LogP contribution in [0.5, 0.6) is 0 Å². The van der Waals surface area contributed by atoms with Crippen molar-refractivity contribution in [3.05, 3.63) is 52.8 Å². The largest absolute Gasteiger partial charge is 0.399 e. The zero-order valence-electron chi connectivity index (χ0n) is 10.2. The highest BCUT2D eigenvalue weighted by atomic mass is 79.9. The first-order valence-electron chi connectivity index (χ1n) is 5.75. The molecule has 0 amide bonds. The Morgan fingerprint density at radius 1 is 1.15 bits per heavy atom. The van der Waals surface area contributed by atoms with E-state index < -0.39 is 0 Å². The minimum atomic E-state index is -0.351. The van der Waals surface area contributed by atoms with Crippen molar-refractivity contribution >= 4 is 21.6 Å². The molecule has 1 aromatic heterocycles. The monoisotopic (exact) mass is 333 g/mol. The van der Waals surface area contributed by atoms with E-state index in [-0.39, 0.29) is 5.82 Å². The summed E-state index contributed by atoms with van der Waals surface area (Å²) < 4.78 is 15.6. The Balaban J connectivity index is 2.18. The molecule has 0 atom stereocenters. The van der Waals surface area contributed by atoms with Gasteiger partial charge in [0, 0.05) is 15.7 Å². The van der Waals surface area contributed by atoms with Gasteiger partial charge in [0.15, 0.2) is 5.82 Å². The molecule has 0 saturated carbocycles. The van der Waals surface area contributed by atoms with Gasteiger partial charge in [-0.25, -0.2) is 4.39 Å². The molecule has 7 heteroatoms. The lowest BCUT2D eigenvalue weighted by molar-refractivity contribution is 0.625. The molecule has 0 saturated heterocycles. The van der Waals surface area contributed by atoms with E-state index in [1.54, 1.807) is 24.3 Å². The number of nitrogens with two attached hydrogens (primary N) is 1. The maximum Gasteiger partial charge on any atom is 0.188 e. The van der Waals surface area contributed by atoms with Gasteiger partial charge in [0.05, 0.1) is 5.69 Å². The molecule has 0 spiro atoms. The normalized spacial score (nSPS) is 10.7. The van der Waals surface area contributed by atoms with Gasteiger partial charge in [-0.1, -0.05) is 22.0 Å². The second-order valence-corrected chi connectivity index (χ2v) is 4.99. The highest BCUT2D eigenvalue weighted by molar-refractivity contribution is 9.10. The summed E-state index contributed by atoms with van der Waals surface area (Å²) in [5.41, 5.74) is 7.66. The van der Waals surface area contributed by atoms with Crippen molar-refractivity contribution in [1.29, 1.82) is 0 Å². The molecular formula is C13H9BrFN5. The van der Waals surface area contributed by atoms with Gasteiger partial charge in [-0.2, -0.15) is 4.68 Å². The lowest BCUT2D eigenvalue weighted by Crippen LogP contribution is -2.01. The molecule has 0 aliphatic carbocycles. The van der Waals surface area contributed by atoms with Crippen molar-refractivity contribution in [3.63, 3.8) is 0 Å². The standard InChI is InChI=1S/C13H9BrFN5/c14-12-5-4-9(16)7-11(12)13-17-18-19-20(13)10-3-1-2-8(15)6-10/h1-7H,16H2. The number of aromatic nitrogens is 4. The first-order valence-corrected chi connectivity index (χ1v) is 6.54. The van der Waals surface area contributed by atoms with Crippen molar-refractivity contribution < 1.29 is 4.39 Å². The fourth-order valence-corrected chi connectivity index (χ4v) is 2.28. The maximum absolute atomic E-state index is 13.3. The molecule has 0 aliphatic rings. The van der Waals surface area contributed by atoms with Crippen molar-refractivity contribution in [3.8, 4) is 17.1 Å².